The van der Waals surface area contributed by atoms with E-state index in [9.17, 15) is 9.18 Å². The van der Waals surface area contributed by atoms with Crippen molar-refractivity contribution in [2.45, 2.75) is 52.2 Å². The van der Waals surface area contributed by atoms with Crippen LogP contribution in [0, 0.1) is 19.7 Å². The summed E-state index contributed by atoms with van der Waals surface area (Å²) in [5, 5.41) is 7.83. The van der Waals surface area contributed by atoms with Gasteiger partial charge in [-0.05, 0) is 57.0 Å². The number of halogens is 1. The molecule has 1 aliphatic heterocycles. The highest BCUT2D eigenvalue weighted by molar-refractivity contribution is 5.78. The van der Waals surface area contributed by atoms with Crippen molar-refractivity contribution in [3.05, 3.63) is 53.1 Å². The predicted molar refractivity (Wildman–Crippen MR) is 99.2 cm³/mol. The van der Waals surface area contributed by atoms with Crippen molar-refractivity contribution in [3.63, 3.8) is 0 Å². The van der Waals surface area contributed by atoms with E-state index in [4.69, 9.17) is 0 Å². The highest BCUT2D eigenvalue weighted by atomic mass is 19.1. The van der Waals surface area contributed by atoms with Crippen LogP contribution in [-0.2, 0) is 17.9 Å². The Kier molecular flexibility index (Phi) is 6.04. The van der Waals surface area contributed by atoms with Gasteiger partial charge in [0, 0.05) is 31.2 Å². The number of carbonyl (C=O) groups excluding carboxylic acids is 1. The summed E-state index contributed by atoms with van der Waals surface area (Å²) in [7, 11) is 0. The van der Waals surface area contributed by atoms with E-state index in [1.807, 2.05) is 29.5 Å². The minimum Gasteiger partial charge on any atom is -0.338 e. The van der Waals surface area contributed by atoms with E-state index in [-0.39, 0.29) is 17.8 Å². The molecule has 6 heteroatoms. The fraction of sp³-hybridized carbons (Fsp3) is 0.500. The van der Waals surface area contributed by atoms with Gasteiger partial charge in [0.1, 0.15) is 5.82 Å². The number of amides is 1. The van der Waals surface area contributed by atoms with Crippen molar-refractivity contribution >= 4 is 5.91 Å². The third kappa shape index (κ3) is 4.69. The van der Waals surface area contributed by atoms with Crippen molar-refractivity contribution in [1.29, 1.82) is 0 Å². The molecule has 0 bridgehead atoms. The lowest BCUT2D eigenvalue weighted by molar-refractivity contribution is -0.129. The molecule has 1 fully saturated rings. The van der Waals surface area contributed by atoms with Crippen LogP contribution in [-0.4, -0.2) is 39.7 Å². The SMILES string of the molecule is Cc1cc(C)n(CCN2C(=O)CCC2CCNCc2cccc(F)c2)n1. The van der Waals surface area contributed by atoms with Gasteiger partial charge in [0.05, 0.1) is 12.2 Å². The monoisotopic (exact) mass is 358 g/mol. The Hall–Kier alpha value is -2.21. The Morgan fingerprint density at radius 3 is 2.85 bits per heavy atom. The molecule has 26 heavy (non-hydrogen) atoms. The van der Waals surface area contributed by atoms with Crippen LogP contribution in [0.25, 0.3) is 0 Å². The number of carbonyl (C=O) groups is 1. The van der Waals surface area contributed by atoms with Crippen molar-refractivity contribution in [3.8, 4) is 0 Å². The molecule has 1 aromatic heterocycles. The van der Waals surface area contributed by atoms with Gasteiger partial charge in [-0.1, -0.05) is 12.1 Å². The maximum Gasteiger partial charge on any atom is 0.222 e. The summed E-state index contributed by atoms with van der Waals surface area (Å²) in [6.07, 6.45) is 2.46. The molecule has 1 unspecified atom stereocenters. The first-order valence-electron chi connectivity index (χ1n) is 9.28. The largest absolute Gasteiger partial charge is 0.338 e. The van der Waals surface area contributed by atoms with Gasteiger partial charge in [-0.2, -0.15) is 5.10 Å². The second kappa shape index (κ2) is 8.45. The summed E-state index contributed by atoms with van der Waals surface area (Å²) < 4.78 is 15.2. The second-order valence-corrected chi connectivity index (χ2v) is 7.03. The number of hydrogen-bond acceptors (Lipinski definition) is 3. The molecule has 0 aliphatic carbocycles. The minimum absolute atomic E-state index is 0.207. The number of hydrogen-bond donors (Lipinski definition) is 1. The molecule has 1 atom stereocenters. The van der Waals surface area contributed by atoms with Gasteiger partial charge in [-0.25, -0.2) is 4.39 Å². The van der Waals surface area contributed by atoms with Crippen LogP contribution in [0.5, 0.6) is 0 Å². The molecule has 1 amide bonds. The van der Waals surface area contributed by atoms with E-state index >= 15 is 0 Å². The minimum atomic E-state index is -0.207. The van der Waals surface area contributed by atoms with Crippen LogP contribution in [0.4, 0.5) is 4.39 Å². The molecule has 1 saturated heterocycles. The van der Waals surface area contributed by atoms with Gasteiger partial charge in [-0.3, -0.25) is 9.48 Å². The van der Waals surface area contributed by atoms with Gasteiger partial charge < -0.3 is 10.2 Å². The van der Waals surface area contributed by atoms with Crippen molar-refractivity contribution in [1.82, 2.24) is 20.0 Å². The maximum absolute atomic E-state index is 13.2. The number of benzene rings is 1. The smallest absolute Gasteiger partial charge is 0.222 e. The summed E-state index contributed by atoms with van der Waals surface area (Å²) in [4.78, 5) is 14.2. The average molecular weight is 358 g/mol. The zero-order chi connectivity index (χ0) is 18.5. The zero-order valence-corrected chi connectivity index (χ0v) is 15.5. The fourth-order valence-electron chi connectivity index (χ4n) is 3.65. The molecule has 1 N–H and O–H groups in total. The first-order chi connectivity index (χ1) is 12.5. The lowest BCUT2D eigenvalue weighted by atomic mass is 10.1. The normalized spacial score (nSPS) is 17.3. The Bertz CT molecular complexity index is 758. The fourth-order valence-corrected chi connectivity index (χ4v) is 3.65. The third-order valence-corrected chi connectivity index (χ3v) is 4.98. The summed E-state index contributed by atoms with van der Waals surface area (Å²) >= 11 is 0. The van der Waals surface area contributed by atoms with Crippen LogP contribution in [0.2, 0.25) is 0 Å². The van der Waals surface area contributed by atoms with Crippen molar-refractivity contribution in [2.75, 3.05) is 13.1 Å². The van der Waals surface area contributed by atoms with Gasteiger partial charge in [0.15, 0.2) is 0 Å². The molecule has 5 nitrogen and oxygen atoms in total. The molecule has 2 aromatic rings. The van der Waals surface area contributed by atoms with E-state index < -0.39 is 0 Å². The average Bonchev–Trinajstić information content (AvgIpc) is 3.11. The number of rotatable bonds is 8. The lowest BCUT2D eigenvalue weighted by Gasteiger charge is -2.25. The highest BCUT2D eigenvalue weighted by Crippen LogP contribution is 2.21. The van der Waals surface area contributed by atoms with Gasteiger partial charge in [0.25, 0.3) is 0 Å². The maximum atomic E-state index is 13.2. The van der Waals surface area contributed by atoms with Crippen LogP contribution >= 0.6 is 0 Å². The first-order valence-corrected chi connectivity index (χ1v) is 9.28. The Balaban J connectivity index is 1.46. The van der Waals surface area contributed by atoms with Crippen LogP contribution < -0.4 is 5.32 Å². The van der Waals surface area contributed by atoms with Crippen LogP contribution in [0.15, 0.2) is 30.3 Å². The van der Waals surface area contributed by atoms with E-state index in [0.29, 0.717) is 19.5 Å². The summed E-state index contributed by atoms with van der Waals surface area (Å²) in [6, 6.07) is 8.97. The standard InChI is InChI=1S/C20H27FN4O/c1-15-12-16(2)25(23-15)11-10-24-19(6-7-20(24)26)8-9-22-14-17-4-3-5-18(21)13-17/h3-5,12-13,19,22H,6-11,14H2,1-2H3. The predicted octanol–water partition coefficient (Wildman–Crippen LogP) is 2.81. The number of aromatic nitrogens is 2. The third-order valence-electron chi connectivity index (χ3n) is 4.98. The molecular formula is C20H27FN4O. The molecule has 0 radical (unpaired) electrons. The Labute approximate surface area is 154 Å². The van der Waals surface area contributed by atoms with Crippen LogP contribution in [0.1, 0.15) is 36.2 Å². The summed E-state index contributed by atoms with van der Waals surface area (Å²) in [5.74, 6) is 0.0303. The lowest BCUT2D eigenvalue weighted by Crippen LogP contribution is -2.37. The van der Waals surface area contributed by atoms with Gasteiger partial charge >= 0.3 is 0 Å². The molecule has 0 saturated carbocycles. The molecule has 0 spiro atoms. The van der Waals surface area contributed by atoms with E-state index in [2.05, 4.69) is 16.5 Å². The molecule has 1 aliphatic rings. The van der Waals surface area contributed by atoms with Crippen LogP contribution in [0.3, 0.4) is 0 Å². The molecule has 3 rings (SSSR count). The quantitative estimate of drug-likeness (QED) is 0.738. The molecule has 1 aromatic carbocycles. The van der Waals surface area contributed by atoms with Gasteiger partial charge in [-0.15, -0.1) is 0 Å². The van der Waals surface area contributed by atoms with Gasteiger partial charge in [0.2, 0.25) is 5.91 Å². The second-order valence-electron chi connectivity index (χ2n) is 7.03. The number of aryl methyl sites for hydroxylation is 2. The van der Waals surface area contributed by atoms with E-state index in [1.165, 1.54) is 6.07 Å². The first kappa shape index (κ1) is 18.6. The molecular weight excluding hydrogens is 331 g/mol. The zero-order valence-electron chi connectivity index (χ0n) is 15.5. The number of likely N-dealkylation sites (tertiary alicyclic amines) is 1. The summed E-state index contributed by atoms with van der Waals surface area (Å²) in [5.41, 5.74) is 3.07. The highest BCUT2D eigenvalue weighted by Gasteiger charge is 2.30. The Morgan fingerprint density at radius 1 is 1.27 bits per heavy atom. The Morgan fingerprint density at radius 2 is 2.12 bits per heavy atom. The number of nitrogens with zero attached hydrogens (tertiary/aromatic N) is 3. The number of nitrogens with one attached hydrogen (secondary N) is 1. The topological polar surface area (TPSA) is 50.2 Å². The van der Waals surface area contributed by atoms with E-state index in [1.54, 1.807) is 12.1 Å². The molecule has 140 valence electrons. The van der Waals surface area contributed by atoms with E-state index in [0.717, 1.165) is 42.9 Å². The molecule has 2 heterocycles. The van der Waals surface area contributed by atoms with Crippen molar-refractivity contribution in [2.24, 2.45) is 0 Å². The summed E-state index contributed by atoms with van der Waals surface area (Å²) in [6.45, 7) is 6.92. The van der Waals surface area contributed by atoms with Crippen molar-refractivity contribution < 1.29 is 9.18 Å².